The number of fused-ring (bicyclic) bond motifs is 1. The minimum Gasteiger partial charge on any atom is -0.381 e. The molecular weight excluding hydrogens is 358 g/mol. The van der Waals surface area contributed by atoms with Gasteiger partial charge in [-0.05, 0) is 50.5 Å². The largest absolute Gasteiger partial charge is 0.381 e. The van der Waals surface area contributed by atoms with Crippen LogP contribution in [0, 0.1) is 13.8 Å². The summed E-state index contributed by atoms with van der Waals surface area (Å²) in [6.45, 7) is 3.96. The first kappa shape index (κ1) is 18.0. The molecule has 0 radical (unpaired) electrons. The van der Waals surface area contributed by atoms with E-state index in [9.17, 15) is 8.42 Å². The monoisotopic (exact) mass is 383 g/mol. The number of nitrogens with zero attached hydrogens (tertiary/aromatic N) is 2. The number of benzene rings is 1. The van der Waals surface area contributed by atoms with Crippen molar-refractivity contribution in [2.45, 2.75) is 56.9 Å². The Bertz CT molecular complexity index is 1060. The van der Waals surface area contributed by atoms with Gasteiger partial charge in [0, 0.05) is 29.5 Å². The highest BCUT2D eigenvalue weighted by atomic mass is 32.2. The maximum atomic E-state index is 13.1. The highest BCUT2D eigenvalue weighted by molar-refractivity contribution is 7.90. The summed E-state index contributed by atoms with van der Waals surface area (Å²) >= 11 is 0. The van der Waals surface area contributed by atoms with Crippen molar-refractivity contribution < 1.29 is 8.42 Å². The lowest BCUT2D eigenvalue weighted by atomic mass is 9.95. The number of rotatable bonds is 4. The lowest BCUT2D eigenvalue weighted by Crippen LogP contribution is -2.23. The standard InChI is InChI=1S/C21H25N3O2S/c1-15-8-10-18(11-9-15)27(25,26)24-13-12-19-20(16(2)14-22-21(19)24)23-17-6-4-3-5-7-17/h8-14,17H,3-7H2,1-2H3,(H,22,23). The Morgan fingerprint density at radius 1 is 1.04 bits per heavy atom. The molecule has 0 bridgehead atoms. The van der Waals surface area contributed by atoms with Gasteiger partial charge >= 0.3 is 0 Å². The van der Waals surface area contributed by atoms with Crippen LogP contribution in [-0.4, -0.2) is 23.4 Å². The van der Waals surface area contributed by atoms with Gasteiger partial charge in [-0.2, -0.15) is 0 Å². The third-order valence-electron chi connectivity index (χ3n) is 5.40. The van der Waals surface area contributed by atoms with Crippen molar-refractivity contribution in [1.29, 1.82) is 0 Å². The average molecular weight is 384 g/mol. The van der Waals surface area contributed by atoms with Crippen LogP contribution >= 0.6 is 0 Å². The second kappa shape index (κ2) is 7.00. The molecule has 0 amide bonds. The van der Waals surface area contributed by atoms with Crippen LogP contribution in [0.5, 0.6) is 0 Å². The number of pyridine rings is 1. The number of aromatic nitrogens is 2. The normalized spacial score (nSPS) is 15.9. The van der Waals surface area contributed by atoms with Crippen LogP contribution in [0.25, 0.3) is 11.0 Å². The van der Waals surface area contributed by atoms with Gasteiger partial charge < -0.3 is 5.32 Å². The molecule has 27 heavy (non-hydrogen) atoms. The maximum absolute atomic E-state index is 13.1. The third-order valence-corrected chi connectivity index (χ3v) is 7.08. The summed E-state index contributed by atoms with van der Waals surface area (Å²) in [4.78, 5) is 4.72. The van der Waals surface area contributed by atoms with E-state index in [1.54, 1.807) is 24.5 Å². The van der Waals surface area contributed by atoms with Gasteiger partial charge in [0.05, 0.1) is 4.90 Å². The molecule has 142 valence electrons. The number of aryl methyl sites for hydroxylation is 2. The van der Waals surface area contributed by atoms with E-state index in [0.29, 0.717) is 11.7 Å². The fraction of sp³-hybridized carbons (Fsp3) is 0.381. The van der Waals surface area contributed by atoms with Gasteiger partial charge in [-0.25, -0.2) is 17.4 Å². The van der Waals surface area contributed by atoms with Crippen LogP contribution in [0.1, 0.15) is 43.2 Å². The van der Waals surface area contributed by atoms with E-state index in [-0.39, 0.29) is 4.90 Å². The Kier molecular flexibility index (Phi) is 4.68. The first-order valence-electron chi connectivity index (χ1n) is 9.52. The molecule has 1 fully saturated rings. The first-order valence-corrected chi connectivity index (χ1v) is 11.0. The van der Waals surface area contributed by atoms with Crippen molar-refractivity contribution >= 4 is 26.7 Å². The van der Waals surface area contributed by atoms with Crippen molar-refractivity contribution in [3.8, 4) is 0 Å². The topological polar surface area (TPSA) is 64.0 Å². The molecule has 4 rings (SSSR count). The van der Waals surface area contributed by atoms with Crippen LogP contribution in [0.2, 0.25) is 0 Å². The minimum atomic E-state index is -3.68. The van der Waals surface area contributed by atoms with Gasteiger partial charge in [-0.1, -0.05) is 37.0 Å². The Morgan fingerprint density at radius 3 is 2.44 bits per heavy atom. The molecule has 0 unspecified atom stereocenters. The van der Waals surface area contributed by atoms with Crippen LogP contribution in [0.4, 0.5) is 5.69 Å². The lowest BCUT2D eigenvalue weighted by molar-refractivity contribution is 0.463. The first-order chi connectivity index (χ1) is 13.0. The Morgan fingerprint density at radius 2 is 1.74 bits per heavy atom. The van der Waals surface area contributed by atoms with Gasteiger partial charge in [0.2, 0.25) is 0 Å². The van der Waals surface area contributed by atoms with Crippen molar-refractivity contribution in [2.24, 2.45) is 0 Å². The quantitative estimate of drug-likeness (QED) is 0.713. The van der Waals surface area contributed by atoms with E-state index in [2.05, 4.69) is 10.3 Å². The summed E-state index contributed by atoms with van der Waals surface area (Å²) in [5.74, 6) is 0. The lowest BCUT2D eigenvalue weighted by Gasteiger charge is -2.25. The fourth-order valence-corrected chi connectivity index (χ4v) is 5.12. The van der Waals surface area contributed by atoms with Gasteiger partial charge in [-0.15, -0.1) is 0 Å². The number of hydrogen-bond acceptors (Lipinski definition) is 4. The summed E-state index contributed by atoms with van der Waals surface area (Å²) in [6, 6.07) is 9.21. The molecule has 2 heterocycles. The number of nitrogens with one attached hydrogen (secondary N) is 1. The third kappa shape index (κ3) is 3.34. The average Bonchev–Trinajstić information content (AvgIpc) is 3.10. The second-order valence-electron chi connectivity index (χ2n) is 7.46. The molecule has 1 aliphatic rings. The Labute approximate surface area is 160 Å². The SMILES string of the molecule is Cc1ccc(S(=O)(=O)n2ccc3c(NC4CCCCC4)c(C)cnc32)cc1. The molecule has 0 spiro atoms. The van der Waals surface area contributed by atoms with Crippen LogP contribution in [0.15, 0.2) is 47.6 Å². The number of anilines is 1. The molecular formula is C21H25N3O2S. The predicted octanol–water partition coefficient (Wildman–Crippen LogP) is 4.63. The molecule has 3 aromatic rings. The highest BCUT2D eigenvalue weighted by Crippen LogP contribution is 2.31. The van der Waals surface area contributed by atoms with Crippen molar-refractivity contribution in [3.63, 3.8) is 0 Å². The zero-order valence-corrected chi connectivity index (χ0v) is 16.6. The second-order valence-corrected chi connectivity index (χ2v) is 9.28. The Hall–Kier alpha value is -2.34. The summed E-state index contributed by atoms with van der Waals surface area (Å²) in [6.07, 6.45) is 9.47. The summed E-state index contributed by atoms with van der Waals surface area (Å²) in [5.41, 5.74) is 3.54. The molecule has 5 nitrogen and oxygen atoms in total. The van der Waals surface area contributed by atoms with Gasteiger partial charge in [0.15, 0.2) is 5.65 Å². The summed E-state index contributed by atoms with van der Waals surface area (Å²) in [7, 11) is -3.68. The van der Waals surface area contributed by atoms with E-state index in [4.69, 9.17) is 0 Å². The van der Waals surface area contributed by atoms with E-state index in [1.165, 1.54) is 23.2 Å². The molecule has 1 saturated carbocycles. The van der Waals surface area contributed by atoms with E-state index >= 15 is 0 Å². The molecule has 2 aromatic heterocycles. The van der Waals surface area contributed by atoms with E-state index in [1.807, 2.05) is 32.0 Å². The van der Waals surface area contributed by atoms with Gasteiger partial charge in [0.1, 0.15) is 0 Å². The van der Waals surface area contributed by atoms with Crippen molar-refractivity contribution in [3.05, 3.63) is 53.9 Å². The Balaban J connectivity index is 1.77. The van der Waals surface area contributed by atoms with Crippen LogP contribution in [0.3, 0.4) is 0 Å². The summed E-state index contributed by atoms with van der Waals surface area (Å²) in [5, 5.41) is 4.51. The molecule has 0 aliphatic heterocycles. The maximum Gasteiger partial charge on any atom is 0.269 e. The molecule has 6 heteroatoms. The minimum absolute atomic E-state index is 0.273. The molecule has 1 N–H and O–H groups in total. The highest BCUT2D eigenvalue weighted by Gasteiger charge is 2.22. The van der Waals surface area contributed by atoms with E-state index in [0.717, 1.165) is 35.0 Å². The number of hydrogen-bond donors (Lipinski definition) is 1. The zero-order valence-electron chi connectivity index (χ0n) is 15.8. The molecule has 1 aromatic carbocycles. The fourth-order valence-electron chi connectivity index (χ4n) is 3.82. The van der Waals surface area contributed by atoms with Crippen molar-refractivity contribution in [2.75, 3.05) is 5.32 Å². The van der Waals surface area contributed by atoms with Crippen LogP contribution in [-0.2, 0) is 10.0 Å². The zero-order chi connectivity index (χ0) is 19.0. The molecule has 1 aliphatic carbocycles. The molecule has 0 atom stereocenters. The smallest absolute Gasteiger partial charge is 0.269 e. The van der Waals surface area contributed by atoms with Crippen molar-refractivity contribution in [1.82, 2.24) is 8.96 Å². The van der Waals surface area contributed by atoms with Crippen LogP contribution < -0.4 is 5.32 Å². The van der Waals surface area contributed by atoms with Gasteiger partial charge in [0.25, 0.3) is 10.0 Å². The van der Waals surface area contributed by atoms with E-state index < -0.39 is 10.0 Å². The van der Waals surface area contributed by atoms with Gasteiger partial charge in [-0.3, -0.25) is 0 Å². The molecule has 0 saturated heterocycles. The summed E-state index contributed by atoms with van der Waals surface area (Å²) < 4.78 is 27.5. The predicted molar refractivity (Wildman–Crippen MR) is 109 cm³/mol.